The maximum Gasteiger partial charge on any atom is 0.191 e. The maximum atomic E-state index is 8.96. The van der Waals surface area contributed by atoms with Crippen LogP contribution in [-0.2, 0) is 6.54 Å². The largest absolute Gasteiger partial charge is 0.493 e. The van der Waals surface area contributed by atoms with E-state index in [1.165, 1.54) is 0 Å². The molecule has 0 saturated heterocycles. The van der Waals surface area contributed by atoms with Crippen LogP contribution in [0.5, 0.6) is 11.5 Å². The summed E-state index contributed by atoms with van der Waals surface area (Å²) in [5.41, 5.74) is 1.66. The van der Waals surface area contributed by atoms with E-state index in [0.717, 1.165) is 5.56 Å². The third kappa shape index (κ3) is 5.71. The Labute approximate surface area is 154 Å². The van der Waals surface area contributed by atoms with Crippen molar-refractivity contribution in [2.24, 2.45) is 4.99 Å². The van der Waals surface area contributed by atoms with E-state index in [1.54, 1.807) is 20.2 Å². The van der Waals surface area contributed by atoms with Crippen LogP contribution in [0.2, 0.25) is 0 Å². The van der Waals surface area contributed by atoms with Crippen LogP contribution >= 0.6 is 0 Å². The zero-order valence-corrected chi connectivity index (χ0v) is 15.3. The SMILES string of the molecule is CN=C(NCc1cccc(C#N)c1)NCC(C)Oc1ccccc1OC. The molecule has 136 valence electrons. The number of rotatable bonds is 7. The van der Waals surface area contributed by atoms with Crippen molar-refractivity contribution >= 4 is 5.96 Å². The highest BCUT2D eigenvalue weighted by Crippen LogP contribution is 2.26. The van der Waals surface area contributed by atoms with E-state index in [9.17, 15) is 0 Å². The molecule has 0 aliphatic heterocycles. The van der Waals surface area contributed by atoms with Crippen molar-refractivity contribution in [1.29, 1.82) is 5.26 Å². The molecule has 2 aromatic rings. The molecule has 6 nitrogen and oxygen atoms in total. The van der Waals surface area contributed by atoms with Gasteiger partial charge in [-0.15, -0.1) is 0 Å². The normalized spacial score (nSPS) is 12.0. The highest BCUT2D eigenvalue weighted by atomic mass is 16.5. The number of ether oxygens (including phenoxy) is 2. The summed E-state index contributed by atoms with van der Waals surface area (Å²) in [7, 11) is 3.34. The van der Waals surface area contributed by atoms with Crippen molar-refractivity contribution in [2.75, 3.05) is 20.7 Å². The van der Waals surface area contributed by atoms with Crippen LogP contribution in [0, 0.1) is 11.3 Å². The smallest absolute Gasteiger partial charge is 0.191 e. The lowest BCUT2D eigenvalue weighted by Gasteiger charge is -2.19. The van der Waals surface area contributed by atoms with Gasteiger partial charge in [-0.2, -0.15) is 5.26 Å². The second-order valence-corrected chi connectivity index (χ2v) is 5.70. The number of hydrogen-bond donors (Lipinski definition) is 2. The van der Waals surface area contributed by atoms with Gasteiger partial charge in [0.25, 0.3) is 0 Å². The molecule has 0 fully saturated rings. The Morgan fingerprint density at radius 2 is 1.92 bits per heavy atom. The molecule has 1 unspecified atom stereocenters. The molecule has 6 heteroatoms. The third-order valence-corrected chi connectivity index (χ3v) is 3.69. The Kier molecular flexibility index (Phi) is 7.31. The first kappa shape index (κ1) is 19.1. The van der Waals surface area contributed by atoms with E-state index in [0.29, 0.717) is 36.1 Å². The molecule has 0 bridgehead atoms. The Morgan fingerprint density at radius 1 is 1.15 bits per heavy atom. The van der Waals surface area contributed by atoms with Gasteiger partial charge in [-0.25, -0.2) is 0 Å². The van der Waals surface area contributed by atoms with Crippen molar-refractivity contribution < 1.29 is 9.47 Å². The summed E-state index contributed by atoms with van der Waals surface area (Å²) in [6.07, 6.45) is -0.0771. The quantitative estimate of drug-likeness (QED) is 0.592. The molecule has 0 spiro atoms. The van der Waals surface area contributed by atoms with Crippen molar-refractivity contribution in [3.63, 3.8) is 0 Å². The minimum Gasteiger partial charge on any atom is -0.493 e. The number of benzene rings is 2. The first-order valence-electron chi connectivity index (χ1n) is 8.39. The van der Waals surface area contributed by atoms with Gasteiger partial charge < -0.3 is 20.1 Å². The Bertz CT molecular complexity index is 783. The lowest BCUT2D eigenvalue weighted by atomic mass is 10.1. The number of hydrogen-bond acceptors (Lipinski definition) is 4. The zero-order chi connectivity index (χ0) is 18.8. The van der Waals surface area contributed by atoms with Crippen LogP contribution in [0.4, 0.5) is 0 Å². The summed E-state index contributed by atoms with van der Waals surface area (Å²) < 4.78 is 11.2. The van der Waals surface area contributed by atoms with Crippen LogP contribution in [0.25, 0.3) is 0 Å². The minimum absolute atomic E-state index is 0.0771. The predicted octanol–water partition coefficient (Wildman–Crippen LogP) is 2.70. The number of guanidine groups is 1. The number of methoxy groups -OCH3 is 1. The molecular weight excluding hydrogens is 328 g/mol. The van der Waals surface area contributed by atoms with Crippen molar-refractivity contribution in [3.05, 3.63) is 59.7 Å². The Balaban J connectivity index is 1.83. The molecule has 0 saturated carbocycles. The van der Waals surface area contributed by atoms with E-state index >= 15 is 0 Å². The molecule has 0 radical (unpaired) electrons. The molecular formula is C20H24N4O2. The number of nitrogens with one attached hydrogen (secondary N) is 2. The molecule has 0 heterocycles. The summed E-state index contributed by atoms with van der Waals surface area (Å²) in [6.45, 7) is 3.13. The predicted molar refractivity (Wildman–Crippen MR) is 102 cm³/mol. The average molecular weight is 352 g/mol. The highest BCUT2D eigenvalue weighted by molar-refractivity contribution is 5.79. The molecule has 0 aliphatic rings. The van der Waals surface area contributed by atoms with Crippen LogP contribution in [0.3, 0.4) is 0 Å². The van der Waals surface area contributed by atoms with E-state index in [2.05, 4.69) is 21.7 Å². The lowest BCUT2D eigenvalue weighted by molar-refractivity contribution is 0.213. The van der Waals surface area contributed by atoms with Crippen molar-refractivity contribution in [1.82, 2.24) is 10.6 Å². The van der Waals surface area contributed by atoms with Crippen LogP contribution in [0.15, 0.2) is 53.5 Å². The number of para-hydroxylation sites is 2. The van der Waals surface area contributed by atoms with E-state index in [4.69, 9.17) is 14.7 Å². The highest BCUT2D eigenvalue weighted by Gasteiger charge is 2.09. The molecule has 2 N–H and O–H groups in total. The maximum absolute atomic E-state index is 8.96. The third-order valence-electron chi connectivity index (χ3n) is 3.69. The van der Waals surface area contributed by atoms with E-state index in [1.807, 2.05) is 49.4 Å². The van der Waals surface area contributed by atoms with Crippen molar-refractivity contribution in [2.45, 2.75) is 19.6 Å². The van der Waals surface area contributed by atoms with Crippen molar-refractivity contribution in [3.8, 4) is 17.6 Å². The second-order valence-electron chi connectivity index (χ2n) is 5.70. The van der Waals surface area contributed by atoms with Gasteiger partial charge >= 0.3 is 0 Å². The zero-order valence-electron chi connectivity index (χ0n) is 15.3. The number of nitrogens with zero attached hydrogens (tertiary/aromatic N) is 2. The Hall–Kier alpha value is -3.20. The molecule has 26 heavy (non-hydrogen) atoms. The standard InChI is InChI=1S/C20H24N4O2/c1-15(26-19-10-5-4-9-18(19)25-3)13-23-20(22-2)24-14-17-8-6-7-16(11-17)12-21/h4-11,15H,13-14H2,1-3H3,(H2,22,23,24). The van der Waals surface area contributed by atoms with Gasteiger partial charge in [0, 0.05) is 13.6 Å². The molecule has 0 amide bonds. The fourth-order valence-corrected chi connectivity index (χ4v) is 2.37. The molecule has 2 aromatic carbocycles. The summed E-state index contributed by atoms with van der Waals surface area (Å²) >= 11 is 0. The summed E-state index contributed by atoms with van der Waals surface area (Å²) in [5.74, 6) is 2.09. The fraction of sp³-hybridized carbons (Fsp3) is 0.300. The monoisotopic (exact) mass is 352 g/mol. The molecule has 1 atom stereocenters. The fourth-order valence-electron chi connectivity index (χ4n) is 2.37. The van der Waals surface area contributed by atoms with Crippen LogP contribution < -0.4 is 20.1 Å². The molecule has 0 aliphatic carbocycles. The van der Waals surface area contributed by atoms with Gasteiger partial charge in [-0.05, 0) is 36.8 Å². The van der Waals surface area contributed by atoms with Gasteiger partial charge in [0.2, 0.25) is 0 Å². The molecule has 2 rings (SSSR count). The van der Waals surface area contributed by atoms with Gasteiger partial charge in [0.1, 0.15) is 6.10 Å². The summed E-state index contributed by atoms with van der Waals surface area (Å²) in [5, 5.41) is 15.4. The van der Waals surface area contributed by atoms with Gasteiger partial charge in [0.05, 0.1) is 25.3 Å². The average Bonchev–Trinajstić information content (AvgIpc) is 2.68. The van der Waals surface area contributed by atoms with E-state index < -0.39 is 0 Å². The topological polar surface area (TPSA) is 78.7 Å². The van der Waals surface area contributed by atoms with Crippen LogP contribution in [0.1, 0.15) is 18.1 Å². The molecule has 0 aromatic heterocycles. The van der Waals surface area contributed by atoms with Gasteiger partial charge in [-0.1, -0.05) is 24.3 Å². The summed E-state index contributed by atoms with van der Waals surface area (Å²) in [6, 6.07) is 17.2. The minimum atomic E-state index is -0.0771. The number of nitriles is 1. The van der Waals surface area contributed by atoms with Crippen LogP contribution in [-0.4, -0.2) is 32.8 Å². The summed E-state index contributed by atoms with van der Waals surface area (Å²) in [4.78, 5) is 4.21. The van der Waals surface area contributed by atoms with Gasteiger partial charge in [-0.3, -0.25) is 4.99 Å². The lowest BCUT2D eigenvalue weighted by Crippen LogP contribution is -2.41. The Morgan fingerprint density at radius 3 is 2.62 bits per heavy atom. The number of aliphatic imine (C=N–C) groups is 1. The first-order chi connectivity index (χ1) is 12.7. The van der Waals surface area contributed by atoms with Gasteiger partial charge in [0.15, 0.2) is 17.5 Å². The van der Waals surface area contributed by atoms with E-state index in [-0.39, 0.29) is 6.10 Å². The first-order valence-corrected chi connectivity index (χ1v) is 8.39. The second kappa shape index (κ2) is 9.94.